The van der Waals surface area contributed by atoms with Crippen molar-refractivity contribution < 1.29 is 5.11 Å². The van der Waals surface area contributed by atoms with Gasteiger partial charge in [0, 0.05) is 30.7 Å². The summed E-state index contributed by atoms with van der Waals surface area (Å²) in [5, 5.41) is 12.9. The van der Waals surface area contributed by atoms with Gasteiger partial charge in [-0.05, 0) is 42.7 Å². The second-order valence-corrected chi connectivity index (χ2v) is 5.97. The molecule has 0 aliphatic heterocycles. The Morgan fingerprint density at radius 1 is 1.08 bits per heavy atom. The average molecular weight is 321 g/mol. The van der Waals surface area contributed by atoms with Gasteiger partial charge in [-0.3, -0.25) is 0 Å². The standard InChI is InChI=1S/C20H23N3O/c1-15(22-13-18-5-3-4-6-19(18)14-24)17-7-9-20(10-8-17)23-12-11-21-16(23)2/h3-12,15,22,24H,13-14H2,1-2H3. The first-order chi connectivity index (χ1) is 11.7. The molecule has 0 radical (unpaired) electrons. The third-order valence-corrected chi connectivity index (χ3v) is 4.38. The number of aryl methyl sites for hydroxylation is 1. The number of hydrogen-bond donors (Lipinski definition) is 2. The van der Waals surface area contributed by atoms with Crippen molar-refractivity contribution in [3.8, 4) is 5.69 Å². The van der Waals surface area contributed by atoms with Gasteiger partial charge in [-0.1, -0.05) is 36.4 Å². The number of nitrogens with one attached hydrogen (secondary N) is 1. The molecule has 0 saturated carbocycles. The van der Waals surface area contributed by atoms with Crippen LogP contribution in [0.25, 0.3) is 5.69 Å². The molecule has 3 rings (SSSR count). The summed E-state index contributed by atoms with van der Waals surface area (Å²) in [7, 11) is 0. The first-order valence-electron chi connectivity index (χ1n) is 8.20. The molecule has 0 saturated heterocycles. The van der Waals surface area contributed by atoms with Crippen LogP contribution in [0, 0.1) is 6.92 Å². The van der Waals surface area contributed by atoms with E-state index >= 15 is 0 Å². The van der Waals surface area contributed by atoms with Gasteiger partial charge < -0.3 is 15.0 Å². The van der Waals surface area contributed by atoms with Gasteiger partial charge in [0.15, 0.2) is 0 Å². The lowest BCUT2D eigenvalue weighted by Gasteiger charge is -2.16. The minimum Gasteiger partial charge on any atom is -0.392 e. The number of aliphatic hydroxyl groups is 1. The maximum atomic E-state index is 9.41. The highest BCUT2D eigenvalue weighted by Gasteiger charge is 2.08. The van der Waals surface area contributed by atoms with Crippen LogP contribution >= 0.6 is 0 Å². The van der Waals surface area contributed by atoms with E-state index in [1.807, 2.05) is 37.5 Å². The third kappa shape index (κ3) is 3.55. The van der Waals surface area contributed by atoms with E-state index in [0.29, 0.717) is 0 Å². The molecule has 3 aromatic rings. The summed E-state index contributed by atoms with van der Waals surface area (Å²) in [5.74, 6) is 0.981. The minimum atomic E-state index is 0.0746. The number of aliphatic hydroxyl groups excluding tert-OH is 1. The van der Waals surface area contributed by atoms with Crippen molar-refractivity contribution >= 4 is 0 Å². The number of aromatic nitrogens is 2. The number of imidazole rings is 1. The smallest absolute Gasteiger partial charge is 0.110 e. The average Bonchev–Trinajstić information content (AvgIpc) is 3.06. The zero-order valence-electron chi connectivity index (χ0n) is 14.1. The van der Waals surface area contributed by atoms with Gasteiger partial charge in [0.1, 0.15) is 5.82 Å². The van der Waals surface area contributed by atoms with Crippen LogP contribution in [0.2, 0.25) is 0 Å². The van der Waals surface area contributed by atoms with Crippen LogP contribution in [-0.4, -0.2) is 14.7 Å². The molecular weight excluding hydrogens is 298 g/mol. The molecule has 4 heteroatoms. The van der Waals surface area contributed by atoms with E-state index < -0.39 is 0 Å². The fraction of sp³-hybridized carbons (Fsp3) is 0.250. The van der Waals surface area contributed by atoms with Crippen LogP contribution in [0.5, 0.6) is 0 Å². The van der Waals surface area contributed by atoms with E-state index in [2.05, 4.69) is 52.1 Å². The molecule has 2 aromatic carbocycles. The summed E-state index contributed by atoms with van der Waals surface area (Å²) in [6.07, 6.45) is 3.78. The summed E-state index contributed by atoms with van der Waals surface area (Å²) in [4.78, 5) is 4.26. The summed E-state index contributed by atoms with van der Waals surface area (Å²) >= 11 is 0. The van der Waals surface area contributed by atoms with Gasteiger partial charge in [-0.15, -0.1) is 0 Å². The van der Waals surface area contributed by atoms with Crippen molar-refractivity contribution in [3.05, 3.63) is 83.4 Å². The Balaban J connectivity index is 1.67. The second kappa shape index (κ2) is 7.43. The molecule has 24 heavy (non-hydrogen) atoms. The molecule has 1 aromatic heterocycles. The predicted molar refractivity (Wildman–Crippen MR) is 95.9 cm³/mol. The highest BCUT2D eigenvalue weighted by molar-refractivity contribution is 5.37. The van der Waals surface area contributed by atoms with Crippen molar-refractivity contribution in [2.75, 3.05) is 0 Å². The van der Waals surface area contributed by atoms with Crippen molar-refractivity contribution in [1.29, 1.82) is 0 Å². The van der Waals surface area contributed by atoms with Crippen LogP contribution in [0.4, 0.5) is 0 Å². The van der Waals surface area contributed by atoms with Crippen molar-refractivity contribution in [2.45, 2.75) is 33.0 Å². The lowest BCUT2D eigenvalue weighted by atomic mass is 10.1. The number of nitrogens with zero attached hydrogens (tertiary/aromatic N) is 2. The highest BCUT2D eigenvalue weighted by Crippen LogP contribution is 2.18. The summed E-state index contributed by atoms with van der Waals surface area (Å²) < 4.78 is 2.07. The van der Waals surface area contributed by atoms with Crippen molar-refractivity contribution in [2.24, 2.45) is 0 Å². The van der Waals surface area contributed by atoms with E-state index in [4.69, 9.17) is 0 Å². The monoisotopic (exact) mass is 321 g/mol. The zero-order chi connectivity index (χ0) is 16.9. The SMILES string of the molecule is Cc1nccn1-c1ccc(C(C)NCc2ccccc2CO)cc1. The van der Waals surface area contributed by atoms with Crippen molar-refractivity contribution in [1.82, 2.24) is 14.9 Å². The molecular formula is C20H23N3O. The lowest BCUT2D eigenvalue weighted by Crippen LogP contribution is -2.19. The Labute approximate surface area is 142 Å². The molecule has 0 spiro atoms. The minimum absolute atomic E-state index is 0.0746. The predicted octanol–water partition coefficient (Wildman–Crippen LogP) is 3.52. The molecule has 4 nitrogen and oxygen atoms in total. The van der Waals surface area contributed by atoms with Crippen LogP contribution in [0.1, 0.15) is 35.5 Å². The van der Waals surface area contributed by atoms with E-state index in [-0.39, 0.29) is 12.6 Å². The van der Waals surface area contributed by atoms with Crippen LogP contribution < -0.4 is 5.32 Å². The van der Waals surface area contributed by atoms with Crippen molar-refractivity contribution in [3.63, 3.8) is 0 Å². The fourth-order valence-electron chi connectivity index (χ4n) is 2.84. The Bertz CT molecular complexity index is 793. The molecule has 0 amide bonds. The second-order valence-electron chi connectivity index (χ2n) is 5.97. The molecule has 1 heterocycles. The number of hydrogen-bond acceptors (Lipinski definition) is 3. The van der Waals surface area contributed by atoms with Gasteiger partial charge in [0.25, 0.3) is 0 Å². The quantitative estimate of drug-likeness (QED) is 0.730. The number of rotatable bonds is 6. The van der Waals surface area contributed by atoms with Gasteiger partial charge in [-0.25, -0.2) is 4.98 Å². The molecule has 1 unspecified atom stereocenters. The lowest BCUT2D eigenvalue weighted by molar-refractivity contribution is 0.280. The van der Waals surface area contributed by atoms with Crippen LogP contribution in [0.15, 0.2) is 60.9 Å². The summed E-state index contributed by atoms with van der Waals surface area (Å²) in [5.41, 5.74) is 4.46. The zero-order valence-corrected chi connectivity index (χ0v) is 14.1. The van der Waals surface area contributed by atoms with Gasteiger partial charge in [-0.2, -0.15) is 0 Å². The highest BCUT2D eigenvalue weighted by atomic mass is 16.3. The summed E-state index contributed by atoms with van der Waals surface area (Å²) in [6.45, 7) is 4.96. The van der Waals surface area contributed by atoms with Gasteiger partial charge in [0.05, 0.1) is 6.61 Å². The molecule has 1 atom stereocenters. The Morgan fingerprint density at radius 3 is 2.42 bits per heavy atom. The number of benzene rings is 2. The fourth-order valence-corrected chi connectivity index (χ4v) is 2.84. The Kier molecular flexibility index (Phi) is 5.08. The first-order valence-corrected chi connectivity index (χ1v) is 8.20. The largest absolute Gasteiger partial charge is 0.392 e. The van der Waals surface area contributed by atoms with Crippen LogP contribution in [0.3, 0.4) is 0 Å². The Hall–Kier alpha value is -2.43. The third-order valence-electron chi connectivity index (χ3n) is 4.38. The first kappa shape index (κ1) is 16.4. The molecule has 124 valence electrons. The van der Waals surface area contributed by atoms with E-state index in [1.54, 1.807) is 0 Å². The maximum Gasteiger partial charge on any atom is 0.110 e. The summed E-state index contributed by atoms with van der Waals surface area (Å²) in [6, 6.07) is 16.7. The molecule has 2 N–H and O–H groups in total. The van der Waals surface area contributed by atoms with E-state index in [9.17, 15) is 5.11 Å². The van der Waals surface area contributed by atoms with Gasteiger partial charge >= 0.3 is 0 Å². The van der Waals surface area contributed by atoms with E-state index in [1.165, 1.54) is 5.56 Å². The van der Waals surface area contributed by atoms with E-state index in [0.717, 1.165) is 29.2 Å². The molecule has 0 aliphatic carbocycles. The molecule has 0 bridgehead atoms. The topological polar surface area (TPSA) is 50.1 Å². The van der Waals surface area contributed by atoms with Crippen LogP contribution in [-0.2, 0) is 13.2 Å². The Morgan fingerprint density at radius 2 is 1.79 bits per heavy atom. The normalized spacial score (nSPS) is 12.3. The van der Waals surface area contributed by atoms with Gasteiger partial charge in [0.2, 0.25) is 0 Å². The molecule has 0 fully saturated rings. The molecule has 0 aliphatic rings. The maximum absolute atomic E-state index is 9.41.